The number of hydrogen-bond donors (Lipinski definition) is 2. The molecule has 0 unspecified atom stereocenters. The zero-order valence-corrected chi connectivity index (χ0v) is 17.0. The van der Waals surface area contributed by atoms with Gasteiger partial charge >= 0.3 is 5.76 Å². The molecule has 2 N–H and O–H groups in total. The van der Waals surface area contributed by atoms with E-state index in [1.54, 1.807) is 18.5 Å². The number of anilines is 1. The third-order valence-corrected chi connectivity index (χ3v) is 5.98. The van der Waals surface area contributed by atoms with Crippen LogP contribution >= 0.6 is 0 Å². The molecule has 0 amide bonds. The van der Waals surface area contributed by atoms with Gasteiger partial charge in [-0.2, -0.15) is 0 Å². The SMILES string of the molecule is Cc1nccn1-c1cc(NCCNS(=O)(=O)c2ccc3oc(=O)n(C)c3c2)ncn1. The van der Waals surface area contributed by atoms with Crippen LogP contribution in [-0.4, -0.2) is 45.6 Å². The third kappa shape index (κ3) is 3.82. The first-order valence-corrected chi connectivity index (χ1v) is 10.5. The summed E-state index contributed by atoms with van der Waals surface area (Å²) in [6.45, 7) is 2.31. The van der Waals surface area contributed by atoms with Crippen molar-refractivity contribution < 1.29 is 12.8 Å². The maximum Gasteiger partial charge on any atom is 0.419 e. The van der Waals surface area contributed by atoms with Gasteiger partial charge in [-0.15, -0.1) is 0 Å². The van der Waals surface area contributed by atoms with Gasteiger partial charge in [0.2, 0.25) is 10.0 Å². The van der Waals surface area contributed by atoms with Crippen molar-refractivity contribution in [1.82, 2.24) is 28.8 Å². The molecule has 0 spiro atoms. The van der Waals surface area contributed by atoms with E-state index in [0.717, 1.165) is 5.82 Å². The van der Waals surface area contributed by atoms with Crippen molar-refractivity contribution >= 4 is 26.9 Å². The Balaban J connectivity index is 1.40. The summed E-state index contributed by atoms with van der Waals surface area (Å²) in [5.74, 6) is 1.45. The fourth-order valence-corrected chi connectivity index (χ4v) is 3.98. The van der Waals surface area contributed by atoms with Gasteiger partial charge in [-0.25, -0.2) is 32.9 Å². The molecule has 0 atom stereocenters. The smallest absolute Gasteiger partial charge is 0.408 e. The van der Waals surface area contributed by atoms with Crippen LogP contribution in [0.15, 0.2) is 57.1 Å². The van der Waals surface area contributed by atoms with Gasteiger partial charge in [0, 0.05) is 38.6 Å². The summed E-state index contributed by atoms with van der Waals surface area (Å²) in [5, 5.41) is 3.06. The average Bonchev–Trinajstić information content (AvgIpc) is 3.28. The number of rotatable bonds is 7. The number of imidazole rings is 1. The van der Waals surface area contributed by atoms with E-state index in [4.69, 9.17) is 4.42 Å². The van der Waals surface area contributed by atoms with E-state index in [-0.39, 0.29) is 11.4 Å². The molecule has 0 fully saturated rings. The zero-order chi connectivity index (χ0) is 21.3. The van der Waals surface area contributed by atoms with Crippen LogP contribution in [0.3, 0.4) is 0 Å². The van der Waals surface area contributed by atoms with E-state index >= 15 is 0 Å². The zero-order valence-electron chi connectivity index (χ0n) is 16.2. The van der Waals surface area contributed by atoms with Crippen molar-refractivity contribution in [2.75, 3.05) is 18.4 Å². The average molecular weight is 429 g/mol. The largest absolute Gasteiger partial charge is 0.419 e. The first-order chi connectivity index (χ1) is 14.3. The molecule has 11 nitrogen and oxygen atoms in total. The third-order valence-electron chi connectivity index (χ3n) is 4.52. The fourth-order valence-electron chi connectivity index (χ4n) is 2.93. The lowest BCUT2D eigenvalue weighted by Crippen LogP contribution is -2.29. The van der Waals surface area contributed by atoms with Gasteiger partial charge in [0.05, 0.1) is 10.4 Å². The number of nitrogens with one attached hydrogen (secondary N) is 2. The van der Waals surface area contributed by atoms with Crippen LogP contribution in [0.5, 0.6) is 0 Å². The van der Waals surface area contributed by atoms with Gasteiger partial charge in [-0.3, -0.25) is 9.13 Å². The van der Waals surface area contributed by atoms with Gasteiger partial charge in [-0.1, -0.05) is 0 Å². The summed E-state index contributed by atoms with van der Waals surface area (Å²) >= 11 is 0. The number of sulfonamides is 1. The highest BCUT2D eigenvalue weighted by Gasteiger charge is 2.16. The molecule has 3 aromatic heterocycles. The van der Waals surface area contributed by atoms with E-state index in [0.29, 0.717) is 29.3 Å². The van der Waals surface area contributed by atoms with Crippen LogP contribution in [0.25, 0.3) is 16.9 Å². The maximum absolute atomic E-state index is 12.6. The summed E-state index contributed by atoms with van der Waals surface area (Å²) in [5.41, 5.74) is 0.736. The first kappa shape index (κ1) is 19.8. The lowest BCUT2D eigenvalue weighted by atomic mass is 10.3. The molecule has 0 aliphatic rings. The second-order valence-corrected chi connectivity index (χ2v) is 8.25. The molecular weight excluding hydrogens is 410 g/mol. The van der Waals surface area contributed by atoms with Gasteiger partial charge in [0.25, 0.3) is 0 Å². The predicted octanol–water partition coefficient (Wildman–Crippen LogP) is 0.806. The highest BCUT2D eigenvalue weighted by molar-refractivity contribution is 7.89. The van der Waals surface area contributed by atoms with E-state index in [2.05, 4.69) is 25.0 Å². The molecule has 4 rings (SSSR count). The number of aromatic nitrogens is 5. The fraction of sp³-hybridized carbons (Fsp3) is 0.222. The van der Waals surface area contributed by atoms with E-state index in [1.807, 2.05) is 11.5 Å². The van der Waals surface area contributed by atoms with Crippen LogP contribution in [0, 0.1) is 6.92 Å². The summed E-state index contributed by atoms with van der Waals surface area (Å²) < 4.78 is 35.7. The van der Waals surface area contributed by atoms with E-state index < -0.39 is 15.8 Å². The molecule has 0 saturated carbocycles. The molecule has 0 aliphatic heterocycles. The summed E-state index contributed by atoms with van der Waals surface area (Å²) in [6.07, 6.45) is 4.89. The minimum atomic E-state index is -3.76. The normalized spacial score (nSPS) is 11.8. The molecule has 12 heteroatoms. The molecule has 30 heavy (non-hydrogen) atoms. The summed E-state index contributed by atoms with van der Waals surface area (Å²) in [4.78, 5) is 24.1. The molecular formula is C18H19N7O4S. The lowest BCUT2D eigenvalue weighted by Gasteiger charge is -2.10. The quantitative estimate of drug-likeness (QED) is 0.412. The standard InChI is InChI=1S/C18H19N7O4S/c1-12-19-7-8-25(12)17-10-16(21-11-22-17)20-5-6-23-30(27,28)13-3-4-15-14(9-13)24(2)18(26)29-15/h3-4,7-11,23H,5-6H2,1-2H3,(H,20,21,22). The second kappa shape index (κ2) is 7.72. The van der Waals surface area contributed by atoms with Crippen LogP contribution in [0.2, 0.25) is 0 Å². The van der Waals surface area contributed by atoms with E-state index in [1.165, 1.54) is 36.1 Å². The first-order valence-electron chi connectivity index (χ1n) is 9.01. The Kier molecular flexibility index (Phi) is 5.10. The predicted molar refractivity (Wildman–Crippen MR) is 109 cm³/mol. The number of nitrogens with zero attached hydrogens (tertiary/aromatic N) is 5. The number of aryl methyl sites for hydroxylation is 2. The van der Waals surface area contributed by atoms with Crippen LogP contribution < -0.4 is 15.8 Å². The van der Waals surface area contributed by atoms with Gasteiger partial charge in [0.1, 0.15) is 23.8 Å². The molecule has 0 radical (unpaired) electrons. The second-order valence-electron chi connectivity index (χ2n) is 6.49. The minimum Gasteiger partial charge on any atom is -0.408 e. The van der Waals surface area contributed by atoms with E-state index in [9.17, 15) is 13.2 Å². The Morgan fingerprint density at radius 1 is 1.13 bits per heavy atom. The van der Waals surface area contributed by atoms with Gasteiger partial charge in [0.15, 0.2) is 5.58 Å². The number of hydrogen-bond acceptors (Lipinski definition) is 8. The van der Waals surface area contributed by atoms with Crippen molar-refractivity contribution in [2.24, 2.45) is 7.05 Å². The van der Waals surface area contributed by atoms with Crippen LogP contribution in [-0.2, 0) is 17.1 Å². The lowest BCUT2D eigenvalue weighted by molar-refractivity contribution is 0.528. The van der Waals surface area contributed by atoms with Crippen molar-refractivity contribution in [3.05, 3.63) is 59.4 Å². The highest BCUT2D eigenvalue weighted by Crippen LogP contribution is 2.17. The summed E-state index contributed by atoms with van der Waals surface area (Å²) in [7, 11) is -2.24. The topological polar surface area (TPSA) is 137 Å². The van der Waals surface area contributed by atoms with Gasteiger partial charge < -0.3 is 9.73 Å². The van der Waals surface area contributed by atoms with Crippen LogP contribution in [0.4, 0.5) is 5.82 Å². The van der Waals surface area contributed by atoms with Crippen molar-refractivity contribution in [1.29, 1.82) is 0 Å². The number of fused-ring (bicyclic) bond motifs is 1. The van der Waals surface area contributed by atoms with Crippen molar-refractivity contribution in [3.63, 3.8) is 0 Å². The molecule has 1 aromatic carbocycles. The van der Waals surface area contributed by atoms with Crippen molar-refractivity contribution in [2.45, 2.75) is 11.8 Å². The van der Waals surface area contributed by atoms with Crippen molar-refractivity contribution in [3.8, 4) is 5.82 Å². The molecule has 4 aromatic rings. The highest BCUT2D eigenvalue weighted by atomic mass is 32.2. The maximum atomic E-state index is 12.6. The Hall–Kier alpha value is -3.51. The monoisotopic (exact) mass is 429 g/mol. The van der Waals surface area contributed by atoms with Gasteiger partial charge in [-0.05, 0) is 25.1 Å². The Morgan fingerprint density at radius 3 is 2.73 bits per heavy atom. The Morgan fingerprint density at radius 2 is 1.97 bits per heavy atom. The molecule has 0 bridgehead atoms. The molecule has 3 heterocycles. The molecule has 0 aliphatic carbocycles. The molecule has 0 saturated heterocycles. The van der Waals surface area contributed by atoms with Crippen LogP contribution in [0.1, 0.15) is 5.82 Å². The number of benzene rings is 1. The Bertz CT molecular complexity index is 1370. The minimum absolute atomic E-state index is 0.0475. The summed E-state index contributed by atoms with van der Waals surface area (Å²) in [6, 6.07) is 6.01. The molecule has 156 valence electrons. The number of oxazole rings is 1. The Labute approximate surface area is 171 Å².